The normalized spacial score (nSPS) is 18.5. The van der Waals surface area contributed by atoms with E-state index in [9.17, 15) is 9.59 Å². The lowest BCUT2D eigenvalue weighted by Gasteiger charge is -2.34. The average molecular weight is 413 g/mol. The second kappa shape index (κ2) is 8.66. The number of hydrogen-bond acceptors (Lipinski definition) is 4. The fourth-order valence-corrected chi connectivity index (χ4v) is 4.84. The molecule has 2 aromatic heterocycles. The minimum atomic E-state index is 0.0373. The maximum Gasteiger partial charge on any atom is 0.255 e. The highest BCUT2D eigenvalue weighted by atomic mass is 16.5. The average Bonchev–Trinajstić information content (AvgIpc) is 3.16. The van der Waals surface area contributed by atoms with Gasteiger partial charge in [0.2, 0.25) is 5.91 Å². The summed E-state index contributed by atoms with van der Waals surface area (Å²) in [5, 5.41) is 4.09. The summed E-state index contributed by atoms with van der Waals surface area (Å²) in [6.45, 7) is 8.83. The molecular formula is C23H32N4O3. The first kappa shape index (κ1) is 20.7. The molecule has 30 heavy (non-hydrogen) atoms. The van der Waals surface area contributed by atoms with Crippen molar-refractivity contribution in [1.82, 2.24) is 19.5 Å². The van der Waals surface area contributed by atoms with Gasteiger partial charge in [0, 0.05) is 49.6 Å². The molecule has 162 valence electrons. The van der Waals surface area contributed by atoms with Crippen LogP contribution in [-0.2, 0) is 4.79 Å². The van der Waals surface area contributed by atoms with E-state index in [2.05, 4.69) is 10.1 Å². The zero-order valence-corrected chi connectivity index (χ0v) is 18.3. The molecule has 2 aliphatic rings. The fourth-order valence-electron chi connectivity index (χ4n) is 4.84. The first-order valence-electron chi connectivity index (χ1n) is 11.2. The van der Waals surface area contributed by atoms with Gasteiger partial charge in [-0.2, -0.15) is 0 Å². The van der Waals surface area contributed by atoms with Gasteiger partial charge in [-0.15, -0.1) is 0 Å². The van der Waals surface area contributed by atoms with Crippen LogP contribution in [0, 0.1) is 26.7 Å². The highest BCUT2D eigenvalue weighted by Gasteiger charge is 2.32. The van der Waals surface area contributed by atoms with Crippen molar-refractivity contribution in [3.63, 3.8) is 0 Å². The predicted octanol–water partition coefficient (Wildman–Crippen LogP) is 3.65. The predicted molar refractivity (Wildman–Crippen MR) is 114 cm³/mol. The Morgan fingerprint density at radius 2 is 1.60 bits per heavy atom. The van der Waals surface area contributed by atoms with Gasteiger partial charge < -0.3 is 14.3 Å². The van der Waals surface area contributed by atoms with E-state index in [1.54, 1.807) is 0 Å². The van der Waals surface area contributed by atoms with Crippen LogP contribution in [0.15, 0.2) is 16.7 Å². The Bertz CT molecular complexity index is 913. The minimum Gasteiger partial charge on any atom is -0.360 e. The molecule has 2 fully saturated rings. The summed E-state index contributed by atoms with van der Waals surface area (Å²) in [6, 6.07) is 3.80. The van der Waals surface area contributed by atoms with E-state index in [1.165, 1.54) is 12.8 Å². The van der Waals surface area contributed by atoms with E-state index in [1.807, 2.05) is 42.4 Å². The maximum absolute atomic E-state index is 13.2. The number of amides is 2. The van der Waals surface area contributed by atoms with Crippen molar-refractivity contribution in [2.75, 3.05) is 26.2 Å². The van der Waals surface area contributed by atoms with E-state index in [0.717, 1.165) is 55.9 Å². The van der Waals surface area contributed by atoms with Crippen molar-refractivity contribution in [2.24, 2.45) is 5.92 Å². The van der Waals surface area contributed by atoms with E-state index in [4.69, 9.17) is 4.52 Å². The van der Waals surface area contributed by atoms with Crippen molar-refractivity contribution >= 4 is 11.8 Å². The number of likely N-dealkylation sites (tertiary alicyclic amines) is 2. The molecule has 0 N–H and O–H groups in total. The van der Waals surface area contributed by atoms with E-state index in [-0.39, 0.29) is 11.8 Å². The van der Waals surface area contributed by atoms with Crippen molar-refractivity contribution in [3.8, 4) is 5.82 Å². The largest absolute Gasteiger partial charge is 0.360 e. The van der Waals surface area contributed by atoms with Gasteiger partial charge >= 0.3 is 0 Å². The number of carbonyl (C=O) groups is 2. The smallest absolute Gasteiger partial charge is 0.255 e. The molecule has 2 aromatic rings. The molecule has 7 heteroatoms. The zero-order valence-electron chi connectivity index (χ0n) is 18.3. The molecule has 0 spiro atoms. The Balaban J connectivity index is 1.42. The molecule has 0 aromatic carbocycles. The van der Waals surface area contributed by atoms with Crippen molar-refractivity contribution in [1.29, 1.82) is 0 Å². The van der Waals surface area contributed by atoms with Crippen LogP contribution < -0.4 is 0 Å². The summed E-state index contributed by atoms with van der Waals surface area (Å²) in [7, 11) is 0. The number of carbonyl (C=O) groups excluding carboxylic acids is 2. The van der Waals surface area contributed by atoms with Gasteiger partial charge in [-0.25, -0.2) is 0 Å². The molecule has 0 saturated carbocycles. The molecule has 2 amide bonds. The highest BCUT2D eigenvalue weighted by molar-refractivity contribution is 5.96. The van der Waals surface area contributed by atoms with Crippen LogP contribution in [-0.4, -0.2) is 57.5 Å². The summed E-state index contributed by atoms with van der Waals surface area (Å²) < 4.78 is 7.16. The van der Waals surface area contributed by atoms with E-state index >= 15 is 0 Å². The van der Waals surface area contributed by atoms with Crippen LogP contribution in [0.5, 0.6) is 0 Å². The van der Waals surface area contributed by atoms with Crippen LogP contribution in [0.1, 0.15) is 66.0 Å². The Kier molecular flexibility index (Phi) is 5.97. The van der Waals surface area contributed by atoms with Gasteiger partial charge in [-0.05, 0) is 52.5 Å². The summed E-state index contributed by atoms with van der Waals surface area (Å²) in [5.41, 5.74) is 2.52. The van der Waals surface area contributed by atoms with E-state index in [0.29, 0.717) is 30.4 Å². The van der Waals surface area contributed by atoms with Crippen LogP contribution >= 0.6 is 0 Å². The number of aryl methyl sites for hydroxylation is 2. The molecule has 4 heterocycles. The molecule has 4 rings (SSSR count). The van der Waals surface area contributed by atoms with Gasteiger partial charge in [0.1, 0.15) is 5.76 Å². The van der Waals surface area contributed by atoms with Gasteiger partial charge in [0.25, 0.3) is 5.91 Å². The summed E-state index contributed by atoms with van der Waals surface area (Å²) in [5.74, 6) is 1.82. The Labute approximate surface area is 178 Å². The quantitative estimate of drug-likeness (QED) is 0.772. The summed E-state index contributed by atoms with van der Waals surface area (Å²) >= 11 is 0. The lowest BCUT2D eigenvalue weighted by Crippen LogP contribution is -2.44. The van der Waals surface area contributed by atoms with Crippen LogP contribution in [0.3, 0.4) is 0 Å². The summed E-state index contributed by atoms with van der Waals surface area (Å²) in [4.78, 5) is 30.1. The fraction of sp³-hybridized carbons (Fsp3) is 0.609. The first-order chi connectivity index (χ1) is 14.5. The molecule has 0 radical (unpaired) electrons. The molecule has 7 nitrogen and oxygen atoms in total. The third-order valence-corrected chi connectivity index (χ3v) is 6.56. The van der Waals surface area contributed by atoms with Crippen LogP contribution in [0.25, 0.3) is 5.82 Å². The van der Waals surface area contributed by atoms with E-state index < -0.39 is 0 Å². The molecule has 0 atom stereocenters. The monoisotopic (exact) mass is 412 g/mol. The Morgan fingerprint density at radius 1 is 0.933 bits per heavy atom. The van der Waals surface area contributed by atoms with Gasteiger partial charge in [0.15, 0.2) is 5.82 Å². The summed E-state index contributed by atoms with van der Waals surface area (Å²) in [6.07, 6.45) is 6.18. The number of nitrogens with zero attached hydrogens (tertiary/aromatic N) is 4. The third kappa shape index (κ3) is 4.02. The lowest BCUT2D eigenvalue weighted by molar-refractivity contribution is -0.136. The van der Waals surface area contributed by atoms with Crippen molar-refractivity contribution in [3.05, 3.63) is 34.8 Å². The standard InChI is InChI=1S/C23H32N4O3/c1-16-14-20(18(3)27(16)21-15-17(2)30-24-21)23(29)26-12-8-19(9-13-26)22(28)25-10-6-4-5-7-11-25/h14-15,19H,4-13H2,1-3H3. The van der Waals surface area contributed by atoms with Gasteiger partial charge in [-0.3, -0.25) is 14.2 Å². The number of piperidine rings is 1. The van der Waals surface area contributed by atoms with Crippen LogP contribution in [0.2, 0.25) is 0 Å². The van der Waals surface area contributed by atoms with Gasteiger partial charge in [0.05, 0.1) is 5.56 Å². The highest BCUT2D eigenvalue weighted by Crippen LogP contribution is 2.26. The second-order valence-electron chi connectivity index (χ2n) is 8.72. The topological polar surface area (TPSA) is 71.6 Å². The minimum absolute atomic E-state index is 0.0373. The van der Waals surface area contributed by atoms with Crippen molar-refractivity contribution < 1.29 is 14.1 Å². The third-order valence-electron chi connectivity index (χ3n) is 6.56. The molecule has 2 saturated heterocycles. The zero-order chi connectivity index (χ0) is 21.3. The van der Waals surface area contributed by atoms with Crippen LogP contribution in [0.4, 0.5) is 0 Å². The lowest BCUT2D eigenvalue weighted by atomic mass is 9.94. The SMILES string of the molecule is Cc1cc(-n2c(C)cc(C(=O)N3CCC(C(=O)N4CCCCCC4)CC3)c2C)no1. The van der Waals surface area contributed by atoms with Crippen molar-refractivity contribution in [2.45, 2.75) is 59.3 Å². The Hall–Kier alpha value is -2.57. The number of aromatic nitrogens is 2. The molecule has 0 aliphatic carbocycles. The molecule has 2 aliphatic heterocycles. The first-order valence-corrected chi connectivity index (χ1v) is 11.2. The van der Waals surface area contributed by atoms with Gasteiger partial charge in [-0.1, -0.05) is 18.0 Å². The number of hydrogen-bond donors (Lipinski definition) is 0. The molecule has 0 unspecified atom stereocenters. The maximum atomic E-state index is 13.2. The molecular weight excluding hydrogens is 380 g/mol. The number of rotatable bonds is 3. The Morgan fingerprint density at radius 3 is 2.20 bits per heavy atom. The second-order valence-corrected chi connectivity index (χ2v) is 8.72. The molecule has 0 bridgehead atoms.